The van der Waals surface area contributed by atoms with Crippen LogP contribution in [-0.2, 0) is 0 Å². The molecule has 4 nitrogen and oxygen atoms in total. The van der Waals surface area contributed by atoms with Crippen molar-refractivity contribution in [2.45, 2.75) is 0 Å². The first-order valence-corrected chi connectivity index (χ1v) is 16.0. The molecule has 230 valence electrons. The van der Waals surface area contributed by atoms with E-state index in [0.29, 0.717) is 28.0 Å². The van der Waals surface area contributed by atoms with E-state index in [-0.39, 0.29) is 46.7 Å². The third kappa shape index (κ3) is 5.45. The molecule has 0 saturated heterocycles. The molecule has 0 atom stereocenters. The van der Waals surface area contributed by atoms with Crippen molar-refractivity contribution in [1.29, 1.82) is 0 Å². The number of furan rings is 1. The van der Waals surface area contributed by atoms with Gasteiger partial charge in [-0.25, -0.2) is 15.0 Å². The summed E-state index contributed by atoms with van der Waals surface area (Å²) in [6.07, 6.45) is 0. The molecule has 0 aliphatic carbocycles. The quantitative estimate of drug-likeness (QED) is 0.183. The van der Waals surface area contributed by atoms with Crippen LogP contribution in [0, 0.1) is 0 Å². The maximum atomic E-state index is 9.14. The zero-order chi connectivity index (χ0) is 36.1. The molecule has 9 aromatic rings. The van der Waals surface area contributed by atoms with Crippen molar-refractivity contribution in [3.63, 3.8) is 0 Å². The fraction of sp³-hybridized carbons (Fsp3) is 0. The normalized spacial score (nSPS) is 12.4. The number of nitrogens with zero attached hydrogens (tertiary/aromatic N) is 3. The van der Waals surface area contributed by atoms with Gasteiger partial charge in [-0.1, -0.05) is 152 Å². The Labute approximate surface area is 289 Å². The second-order valence-electron chi connectivity index (χ2n) is 11.7. The Hall–Kier alpha value is -6.65. The second kappa shape index (κ2) is 12.2. The number of hydrogen-bond donors (Lipinski definition) is 0. The summed E-state index contributed by atoms with van der Waals surface area (Å²) in [5.74, 6) is 1.00. The fourth-order valence-electron chi connectivity index (χ4n) is 6.12. The molecule has 0 aliphatic rings. The minimum absolute atomic E-state index is 0.0107. The Morgan fingerprint density at radius 2 is 0.918 bits per heavy atom. The van der Waals surface area contributed by atoms with Crippen LogP contribution in [0.3, 0.4) is 0 Å². The third-order valence-electron chi connectivity index (χ3n) is 8.60. The van der Waals surface area contributed by atoms with Crippen LogP contribution in [0.5, 0.6) is 0 Å². The summed E-state index contributed by atoms with van der Waals surface area (Å²) >= 11 is 0. The van der Waals surface area contributed by atoms with E-state index in [1.54, 1.807) is 6.07 Å². The highest BCUT2D eigenvalue weighted by Crippen LogP contribution is 2.38. The molecule has 9 rings (SSSR count). The molecule has 0 bridgehead atoms. The van der Waals surface area contributed by atoms with Gasteiger partial charge in [0.25, 0.3) is 0 Å². The maximum absolute atomic E-state index is 9.14. The second-order valence-corrected chi connectivity index (χ2v) is 11.7. The van der Waals surface area contributed by atoms with Gasteiger partial charge in [-0.3, -0.25) is 0 Å². The van der Waals surface area contributed by atoms with E-state index in [9.17, 15) is 0 Å². The average Bonchev–Trinajstić information content (AvgIpc) is 3.62. The van der Waals surface area contributed by atoms with Gasteiger partial charge < -0.3 is 4.42 Å². The predicted octanol–water partition coefficient (Wildman–Crippen LogP) is 11.8. The number of rotatable bonds is 6. The zero-order valence-electron chi connectivity index (χ0n) is 30.2. The van der Waals surface area contributed by atoms with E-state index in [2.05, 4.69) is 24.3 Å². The smallest absolute Gasteiger partial charge is 0.167 e. The van der Waals surface area contributed by atoms with Gasteiger partial charge in [0.2, 0.25) is 0 Å². The summed E-state index contributed by atoms with van der Waals surface area (Å²) < 4.78 is 42.7. The lowest BCUT2D eigenvalue weighted by Crippen LogP contribution is -2.00. The van der Waals surface area contributed by atoms with Crippen LogP contribution in [0.25, 0.3) is 89.5 Å². The number of fused-ring (bicyclic) bond motifs is 3. The minimum Gasteiger partial charge on any atom is -0.455 e. The van der Waals surface area contributed by atoms with E-state index in [4.69, 9.17) is 24.9 Å². The number of benzene rings is 7. The molecule has 0 N–H and O–H groups in total. The lowest BCUT2D eigenvalue weighted by molar-refractivity contribution is 0.669. The molecular weight excluding hydrogens is 599 g/mol. The zero-order valence-corrected chi connectivity index (χ0v) is 26.2. The van der Waals surface area contributed by atoms with Gasteiger partial charge in [-0.15, -0.1) is 0 Å². The van der Waals surface area contributed by atoms with E-state index in [1.807, 2.05) is 115 Å². The monoisotopic (exact) mass is 631 g/mol. The van der Waals surface area contributed by atoms with Crippen LogP contribution in [0.4, 0.5) is 0 Å². The van der Waals surface area contributed by atoms with Crippen LogP contribution >= 0.6 is 0 Å². The summed E-state index contributed by atoms with van der Waals surface area (Å²) in [5.41, 5.74) is 7.66. The van der Waals surface area contributed by atoms with E-state index >= 15 is 0 Å². The van der Waals surface area contributed by atoms with Gasteiger partial charge in [-0.2, -0.15) is 0 Å². The van der Waals surface area contributed by atoms with Crippen molar-refractivity contribution in [3.05, 3.63) is 176 Å². The molecule has 0 aliphatic heterocycles. The Bertz CT molecular complexity index is 2810. The van der Waals surface area contributed by atoms with Crippen LogP contribution in [0.15, 0.2) is 180 Å². The predicted molar refractivity (Wildman–Crippen MR) is 200 cm³/mol. The SMILES string of the molecule is [2H]c1cc([2H])c2c(oc3c([2H])c(-c4ccccc4)cc([2H])c32)c1-c1nc(-c2ccc(-c3ccccc3)cc2)nc(-c2cccc(-c3ccccc3)c2)n1. The van der Waals surface area contributed by atoms with Crippen molar-refractivity contribution >= 4 is 21.9 Å². The molecule has 7 aromatic carbocycles. The Morgan fingerprint density at radius 1 is 0.388 bits per heavy atom. The molecule has 0 spiro atoms. The van der Waals surface area contributed by atoms with Crippen LogP contribution < -0.4 is 0 Å². The summed E-state index contributed by atoms with van der Waals surface area (Å²) in [6, 6.07) is 48.9. The van der Waals surface area contributed by atoms with Gasteiger partial charge in [0.1, 0.15) is 11.2 Å². The molecule has 4 heteroatoms. The first kappa shape index (κ1) is 24.5. The third-order valence-corrected chi connectivity index (χ3v) is 8.60. The number of para-hydroxylation sites is 1. The van der Waals surface area contributed by atoms with Crippen LogP contribution in [0.2, 0.25) is 0 Å². The van der Waals surface area contributed by atoms with Gasteiger partial charge in [-0.05, 0) is 57.6 Å². The first-order chi connectivity index (χ1) is 25.9. The Kier molecular flexibility index (Phi) is 6.09. The van der Waals surface area contributed by atoms with Crippen molar-refractivity contribution in [3.8, 4) is 67.5 Å². The highest BCUT2D eigenvalue weighted by atomic mass is 16.3. The molecule has 0 saturated carbocycles. The first-order valence-electron chi connectivity index (χ1n) is 18.0. The van der Waals surface area contributed by atoms with Gasteiger partial charge in [0.15, 0.2) is 17.5 Å². The van der Waals surface area contributed by atoms with Crippen molar-refractivity contribution in [1.82, 2.24) is 15.0 Å². The standard InChI is InChI=1S/C45H29N3O/c1-4-12-30(13-5-1)33-22-24-34(25-23-33)43-46-44(37-19-10-18-35(28-37)31-14-6-2-7-15-31)48-45(47-43)40-21-11-20-39-38-27-26-36(29-41(38)49-42(39)40)32-16-8-3-9-17-32/h1-29H/i20D,21D,27D,29D. The van der Waals surface area contributed by atoms with Crippen molar-refractivity contribution in [2.24, 2.45) is 0 Å². The van der Waals surface area contributed by atoms with E-state index < -0.39 is 0 Å². The maximum Gasteiger partial charge on any atom is 0.167 e. The highest BCUT2D eigenvalue weighted by molar-refractivity contribution is 6.10. The van der Waals surface area contributed by atoms with Gasteiger partial charge in [0.05, 0.1) is 11.0 Å². The summed E-state index contributed by atoms with van der Waals surface area (Å²) in [6.45, 7) is 0. The van der Waals surface area contributed by atoms with Gasteiger partial charge >= 0.3 is 0 Å². The summed E-state index contributed by atoms with van der Waals surface area (Å²) in [7, 11) is 0. The fourth-order valence-corrected chi connectivity index (χ4v) is 6.12. The topological polar surface area (TPSA) is 51.8 Å². The molecule has 0 unspecified atom stereocenters. The Balaban J connectivity index is 1.27. The molecule has 0 radical (unpaired) electrons. The van der Waals surface area contributed by atoms with E-state index in [0.717, 1.165) is 38.9 Å². The highest BCUT2D eigenvalue weighted by Gasteiger charge is 2.18. The van der Waals surface area contributed by atoms with Gasteiger partial charge in [0, 0.05) is 21.9 Å². The molecule has 2 aromatic heterocycles. The molecule has 49 heavy (non-hydrogen) atoms. The molecule has 0 fully saturated rings. The van der Waals surface area contributed by atoms with Crippen molar-refractivity contribution in [2.75, 3.05) is 0 Å². The number of aromatic nitrogens is 3. The van der Waals surface area contributed by atoms with E-state index in [1.165, 1.54) is 6.07 Å². The minimum atomic E-state index is -0.0107. The molecular formula is C45H29N3O. The largest absolute Gasteiger partial charge is 0.455 e. The Morgan fingerprint density at radius 3 is 1.61 bits per heavy atom. The molecule has 0 amide bonds. The lowest BCUT2D eigenvalue weighted by atomic mass is 10.0. The summed E-state index contributed by atoms with van der Waals surface area (Å²) in [4.78, 5) is 14.9. The van der Waals surface area contributed by atoms with Crippen molar-refractivity contribution < 1.29 is 9.90 Å². The average molecular weight is 632 g/mol. The summed E-state index contributed by atoms with van der Waals surface area (Å²) in [5, 5.41) is 0.684. The van der Waals surface area contributed by atoms with Crippen LogP contribution in [-0.4, -0.2) is 15.0 Å². The number of hydrogen-bond acceptors (Lipinski definition) is 4. The van der Waals surface area contributed by atoms with Crippen LogP contribution in [0.1, 0.15) is 5.48 Å². The molecule has 2 heterocycles. The lowest BCUT2D eigenvalue weighted by Gasteiger charge is -2.10.